The number of aliphatic imine (C=N–C) groups is 1. The first-order chi connectivity index (χ1) is 23.0. The quantitative estimate of drug-likeness (QED) is 0.0630. The number of aromatic nitrogens is 1. The van der Waals surface area contributed by atoms with Crippen LogP contribution in [0.5, 0.6) is 11.5 Å². The number of methoxy groups -OCH3 is 1. The number of aliphatic hydroxyl groups is 1. The fourth-order valence-electron chi connectivity index (χ4n) is 4.55. The van der Waals surface area contributed by atoms with Gasteiger partial charge in [0.2, 0.25) is 6.29 Å². The van der Waals surface area contributed by atoms with Crippen LogP contribution in [-0.2, 0) is 0 Å². The van der Waals surface area contributed by atoms with Crippen molar-refractivity contribution in [2.24, 2.45) is 4.99 Å². The van der Waals surface area contributed by atoms with Gasteiger partial charge in [-0.3, -0.25) is 9.79 Å². The number of aryl methyl sites for hydroxylation is 1. The lowest BCUT2D eigenvalue weighted by molar-refractivity contribution is -0.0101. The van der Waals surface area contributed by atoms with Crippen LogP contribution < -0.4 is 9.47 Å². The summed E-state index contributed by atoms with van der Waals surface area (Å²) in [6.07, 6.45) is -0.323. The minimum Gasteiger partial charge on any atom is -0.497 e. The second-order valence-corrected chi connectivity index (χ2v) is 12.2. The molecule has 0 radical (unpaired) electrons. The van der Waals surface area contributed by atoms with Gasteiger partial charge in [0.15, 0.2) is 6.29 Å². The van der Waals surface area contributed by atoms with Gasteiger partial charge in [-0.05, 0) is 73.5 Å². The average Bonchev–Trinajstić information content (AvgIpc) is 3.43. The molecule has 0 spiro atoms. The summed E-state index contributed by atoms with van der Waals surface area (Å²) >= 11 is 24.8. The Hall–Kier alpha value is -4.11. The number of ether oxygens (including phenoxy) is 2. The van der Waals surface area contributed by atoms with Crippen molar-refractivity contribution in [3.63, 3.8) is 0 Å². The van der Waals surface area contributed by atoms with E-state index in [0.29, 0.717) is 72.5 Å². The van der Waals surface area contributed by atoms with Crippen LogP contribution in [0.15, 0.2) is 107 Å². The van der Waals surface area contributed by atoms with Gasteiger partial charge >= 0.3 is 0 Å². The van der Waals surface area contributed by atoms with Crippen LogP contribution >= 0.6 is 46.4 Å². The second kappa shape index (κ2) is 17.3. The van der Waals surface area contributed by atoms with Gasteiger partial charge < -0.3 is 19.1 Å². The molecule has 0 saturated heterocycles. The summed E-state index contributed by atoms with van der Waals surface area (Å²) in [6, 6.07) is 25.6. The Morgan fingerprint density at radius 3 is 1.92 bits per heavy atom. The highest BCUT2D eigenvalue weighted by Crippen LogP contribution is 2.36. The summed E-state index contributed by atoms with van der Waals surface area (Å²) in [6.45, 7) is 7.82. The van der Waals surface area contributed by atoms with Crippen molar-refractivity contribution in [1.29, 1.82) is 0 Å². The van der Waals surface area contributed by atoms with Crippen molar-refractivity contribution in [2.45, 2.75) is 26.6 Å². The fraction of sp³-hybridized carbons (Fsp3) is 0.162. The van der Waals surface area contributed by atoms with Crippen LogP contribution in [0.2, 0.25) is 20.1 Å². The molecule has 0 fully saturated rings. The number of hydrogen-bond acceptors (Lipinski definition) is 7. The summed E-state index contributed by atoms with van der Waals surface area (Å²) < 4.78 is 15.9. The molecule has 0 aliphatic carbocycles. The predicted molar refractivity (Wildman–Crippen MR) is 194 cm³/mol. The molecule has 0 amide bonds. The smallest absolute Gasteiger partial charge is 0.202 e. The average molecular weight is 726 g/mol. The van der Waals surface area contributed by atoms with Gasteiger partial charge in [-0.25, -0.2) is 0 Å². The highest BCUT2D eigenvalue weighted by molar-refractivity contribution is 6.40. The number of nitrogens with zero attached hydrogens (tertiary/aromatic N) is 2. The highest BCUT2D eigenvalue weighted by Gasteiger charge is 2.20. The molecule has 11 heteroatoms. The van der Waals surface area contributed by atoms with E-state index in [4.69, 9.17) is 60.4 Å². The van der Waals surface area contributed by atoms with Crippen molar-refractivity contribution in [3.05, 3.63) is 134 Å². The van der Waals surface area contributed by atoms with Crippen LogP contribution in [0, 0.1) is 6.92 Å². The third kappa shape index (κ3) is 9.49. The number of aliphatic hydroxyl groups excluding tert-OH is 1. The van der Waals surface area contributed by atoms with E-state index < -0.39 is 6.29 Å². The van der Waals surface area contributed by atoms with E-state index in [1.807, 2.05) is 55.5 Å². The SMILES string of the molecule is C=C(C)CN=C(CC(O)Oc1ccc(-c2ccc(OC)cc2)cc1)c1c(Cl)cccc1Cl.Cc1onc(-c2c(Cl)cccc2Cl)c1C=O. The van der Waals surface area contributed by atoms with E-state index in [1.54, 1.807) is 50.4 Å². The lowest BCUT2D eigenvalue weighted by Gasteiger charge is -2.17. The van der Waals surface area contributed by atoms with Crippen LogP contribution in [0.3, 0.4) is 0 Å². The van der Waals surface area contributed by atoms with Crippen molar-refractivity contribution in [2.75, 3.05) is 13.7 Å². The molecule has 1 aromatic heterocycles. The number of carbonyl (C=O) groups excluding carboxylic acids is 1. The Bertz CT molecular complexity index is 1860. The molecule has 0 bridgehead atoms. The lowest BCUT2D eigenvalue weighted by atomic mass is 10.1. The molecule has 0 aliphatic heterocycles. The molecule has 1 heterocycles. The molecular formula is C37H32Cl4N2O5. The lowest BCUT2D eigenvalue weighted by Crippen LogP contribution is -2.21. The van der Waals surface area contributed by atoms with Gasteiger partial charge in [0, 0.05) is 11.1 Å². The van der Waals surface area contributed by atoms with E-state index in [9.17, 15) is 9.90 Å². The standard InChI is InChI=1S/C26H25Cl2NO3.C11H7Cl2NO2/c1-17(2)16-29-24(26-22(27)5-4-6-23(26)28)15-25(30)32-21-13-9-19(10-14-21)18-7-11-20(31-3)12-8-18;1-6-7(5-15)11(14-16-6)10-8(12)3-2-4-9(10)13/h4-14,25,30H,1,15-16H2,2-3H3;2-5H,1H3. The number of carbonyl (C=O) groups is 1. The maximum Gasteiger partial charge on any atom is 0.202 e. The van der Waals surface area contributed by atoms with Gasteiger partial charge in [-0.2, -0.15) is 0 Å². The van der Waals surface area contributed by atoms with E-state index in [0.717, 1.165) is 22.4 Å². The van der Waals surface area contributed by atoms with Crippen molar-refractivity contribution in [3.8, 4) is 33.9 Å². The highest BCUT2D eigenvalue weighted by atomic mass is 35.5. The third-order valence-electron chi connectivity index (χ3n) is 6.93. The van der Waals surface area contributed by atoms with E-state index in [2.05, 4.69) is 16.7 Å². The summed E-state index contributed by atoms with van der Waals surface area (Å²) in [5.74, 6) is 1.79. The van der Waals surface area contributed by atoms with Crippen molar-refractivity contribution in [1.82, 2.24) is 5.16 Å². The van der Waals surface area contributed by atoms with Gasteiger partial charge in [-0.1, -0.05) is 100 Å². The zero-order valence-electron chi connectivity index (χ0n) is 26.3. The molecule has 0 aliphatic rings. The molecule has 1 atom stereocenters. The molecule has 5 rings (SSSR count). The van der Waals surface area contributed by atoms with Gasteiger partial charge in [0.1, 0.15) is 23.0 Å². The van der Waals surface area contributed by atoms with Crippen molar-refractivity contribution < 1.29 is 23.9 Å². The topological polar surface area (TPSA) is 94.2 Å². The Balaban J connectivity index is 0.000000271. The Kier molecular flexibility index (Phi) is 13.3. The molecule has 48 heavy (non-hydrogen) atoms. The molecule has 248 valence electrons. The van der Waals surface area contributed by atoms with Gasteiger partial charge in [-0.15, -0.1) is 0 Å². The Labute approximate surface area is 299 Å². The largest absolute Gasteiger partial charge is 0.497 e. The number of rotatable bonds is 11. The minimum atomic E-state index is -1.13. The van der Waals surface area contributed by atoms with Crippen LogP contribution in [0.25, 0.3) is 22.4 Å². The summed E-state index contributed by atoms with van der Waals surface area (Å²) in [5.41, 5.74) is 5.39. The van der Waals surface area contributed by atoms with Gasteiger partial charge in [0.05, 0.1) is 51.4 Å². The summed E-state index contributed by atoms with van der Waals surface area (Å²) in [4.78, 5) is 15.5. The molecule has 1 unspecified atom stereocenters. The number of halogens is 4. The maximum atomic E-state index is 10.9. The summed E-state index contributed by atoms with van der Waals surface area (Å²) in [5, 5.41) is 16.2. The van der Waals surface area contributed by atoms with Crippen LogP contribution in [0.4, 0.5) is 0 Å². The van der Waals surface area contributed by atoms with Gasteiger partial charge in [0.25, 0.3) is 0 Å². The molecule has 0 saturated carbocycles. The first-order valence-corrected chi connectivity index (χ1v) is 16.1. The third-order valence-corrected chi connectivity index (χ3v) is 8.19. The summed E-state index contributed by atoms with van der Waals surface area (Å²) in [7, 11) is 1.64. The molecule has 1 N–H and O–H groups in total. The Morgan fingerprint density at radius 2 is 1.42 bits per heavy atom. The van der Waals surface area contributed by atoms with E-state index in [-0.39, 0.29) is 6.42 Å². The first-order valence-electron chi connectivity index (χ1n) is 14.6. The number of benzene rings is 4. The van der Waals surface area contributed by atoms with E-state index in [1.165, 1.54) is 0 Å². The van der Waals surface area contributed by atoms with Crippen LogP contribution in [-0.4, -0.2) is 42.2 Å². The molecular weight excluding hydrogens is 694 g/mol. The minimum absolute atomic E-state index is 0.122. The number of hydrogen-bond donors (Lipinski definition) is 1. The zero-order chi connectivity index (χ0) is 34.8. The van der Waals surface area contributed by atoms with Crippen LogP contribution in [0.1, 0.15) is 35.0 Å². The number of aldehydes is 1. The monoisotopic (exact) mass is 724 g/mol. The predicted octanol–water partition coefficient (Wildman–Crippen LogP) is 10.6. The second-order valence-electron chi connectivity index (χ2n) is 10.6. The molecule has 7 nitrogen and oxygen atoms in total. The first kappa shape index (κ1) is 36.7. The van der Waals surface area contributed by atoms with E-state index >= 15 is 0 Å². The Morgan fingerprint density at radius 1 is 0.896 bits per heavy atom. The maximum absolute atomic E-state index is 10.9. The normalized spacial score (nSPS) is 11.7. The van der Waals surface area contributed by atoms with Crippen molar-refractivity contribution >= 4 is 58.4 Å². The molecule has 4 aromatic carbocycles. The zero-order valence-corrected chi connectivity index (χ0v) is 29.4. The fourth-order valence-corrected chi connectivity index (χ4v) is 5.74. The molecule has 5 aromatic rings.